The van der Waals surface area contributed by atoms with Crippen LogP contribution in [0.15, 0.2) is 30.3 Å². The SMILES string of the molecule is CC(C)CC(N)C(O)(C(=O)[C@H](CC(C)C)NC(=O)[C@H](CC(C)C)NC(=O)[C@H](C)NC(=O)OCc1ccccc1)S(=O)(=O)O.[NaH]. The van der Waals surface area contributed by atoms with E-state index in [2.05, 4.69) is 16.0 Å². The molecule has 13 nitrogen and oxygen atoms in total. The first-order valence-electron chi connectivity index (χ1n) is 14.4. The van der Waals surface area contributed by atoms with Crippen LogP contribution in [0.5, 0.6) is 0 Å². The Morgan fingerprint density at radius 3 is 1.77 bits per heavy atom. The molecule has 0 saturated heterocycles. The van der Waals surface area contributed by atoms with Gasteiger partial charge in [-0.2, -0.15) is 8.42 Å². The van der Waals surface area contributed by atoms with Gasteiger partial charge in [-0.3, -0.25) is 18.9 Å². The number of alkyl carbamates (subject to hydrolysis) is 1. The summed E-state index contributed by atoms with van der Waals surface area (Å²) in [6.07, 6.45) is -0.929. The first-order valence-corrected chi connectivity index (χ1v) is 15.8. The Morgan fingerprint density at radius 1 is 0.818 bits per heavy atom. The number of ketones is 1. The quantitative estimate of drug-likeness (QED) is 0.105. The van der Waals surface area contributed by atoms with Crippen LogP contribution in [0.1, 0.15) is 73.3 Å². The Morgan fingerprint density at radius 2 is 1.30 bits per heavy atom. The molecule has 0 bridgehead atoms. The first kappa shape index (κ1) is 41.9. The Kier molecular flexibility index (Phi) is 17.9. The van der Waals surface area contributed by atoms with Crippen LogP contribution in [-0.2, 0) is 35.8 Å². The summed E-state index contributed by atoms with van der Waals surface area (Å²) in [5.41, 5.74) is 6.68. The van der Waals surface area contributed by atoms with Crippen molar-refractivity contribution >= 4 is 63.4 Å². The van der Waals surface area contributed by atoms with E-state index in [1.807, 2.05) is 6.07 Å². The van der Waals surface area contributed by atoms with Crippen molar-refractivity contribution in [3.63, 3.8) is 0 Å². The second-order valence-corrected chi connectivity index (χ2v) is 13.7. The average Bonchev–Trinajstić information content (AvgIpc) is 2.89. The number of nitrogens with two attached hydrogens (primary N) is 1. The number of hydrogen-bond acceptors (Lipinski definition) is 9. The van der Waals surface area contributed by atoms with Gasteiger partial charge in [0.15, 0.2) is 0 Å². The molecule has 0 saturated carbocycles. The summed E-state index contributed by atoms with van der Waals surface area (Å²) in [5.74, 6) is -3.51. The van der Waals surface area contributed by atoms with Crippen LogP contribution in [-0.4, -0.2) is 100 Å². The number of ether oxygens (including phenoxy) is 1. The third kappa shape index (κ3) is 13.1. The molecule has 1 aromatic carbocycles. The van der Waals surface area contributed by atoms with Crippen LogP contribution in [0.3, 0.4) is 0 Å². The fourth-order valence-corrected chi connectivity index (χ4v) is 5.28. The van der Waals surface area contributed by atoms with E-state index in [0.29, 0.717) is 0 Å². The molecule has 44 heavy (non-hydrogen) atoms. The maximum absolute atomic E-state index is 13.5. The van der Waals surface area contributed by atoms with Crippen LogP contribution >= 0.6 is 0 Å². The second kappa shape index (κ2) is 18.8. The van der Waals surface area contributed by atoms with Gasteiger partial charge in [0.2, 0.25) is 17.6 Å². The summed E-state index contributed by atoms with van der Waals surface area (Å²) >= 11 is 0. The van der Waals surface area contributed by atoms with Gasteiger partial charge in [-0.25, -0.2) is 4.79 Å². The molecule has 0 aliphatic rings. The normalized spacial score (nSPS) is 15.8. The van der Waals surface area contributed by atoms with Crippen molar-refractivity contribution in [3.8, 4) is 0 Å². The van der Waals surface area contributed by atoms with Crippen LogP contribution < -0.4 is 21.7 Å². The molecule has 0 fully saturated rings. The third-order valence-electron chi connectivity index (χ3n) is 6.59. The number of benzene rings is 1. The molecule has 1 aromatic rings. The third-order valence-corrected chi connectivity index (χ3v) is 7.89. The number of aliphatic hydroxyl groups is 1. The fourth-order valence-electron chi connectivity index (χ4n) is 4.40. The van der Waals surface area contributed by atoms with E-state index in [0.717, 1.165) is 5.56 Å². The van der Waals surface area contributed by atoms with E-state index >= 15 is 0 Å². The zero-order valence-corrected chi connectivity index (χ0v) is 26.8. The summed E-state index contributed by atoms with van der Waals surface area (Å²) in [5, 5.41) is 18.5. The molecule has 3 amide bonds. The van der Waals surface area contributed by atoms with Gasteiger partial charge in [-0.1, -0.05) is 71.9 Å². The summed E-state index contributed by atoms with van der Waals surface area (Å²) < 4.78 is 39.6. The van der Waals surface area contributed by atoms with Gasteiger partial charge >= 0.3 is 45.8 Å². The van der Waals surface area contributed by atoms with Crippen molar-refractivity contribution in [2.24, 2.45) is 23.5 Å². The van der Waals surface area contributed by atoms with Crippen molar-refractivity contribution in [1.82, 2.24) is 16.0 Å². The van der Waals surface area contributed by atoms with E-state index in [-0.39, 0.29) is 73.2 Å². The van der Waals surface area contributed by atoms with E-state index in [9.17, 15) is 37.3 Å². The van der Waals surface area contributed by atoms with Gasteiger partial charge < -0.3 is 31.5 Å². The molecule has 7 N–H and O–H groups in total. The Bertz CT molecular complexity index is 1200. The van der Waals surface area contributed by atoms with Crippen molar-refractivity contribution in [2.45, 2.75) is 103 Å². The Labute approximate surface area is 282 Å². The van der Waals surface area contributed by atoms with Crippen LogP contribution in [0, 0.1) is 17.8 Å². The number of carbonyl (C=O) groups excluding carboxylic acids is 4. The molecule has 0 heterocycles. The summed E-state index contributed by atoms with van der Waals surface area (Å²) in [6, 6.07) is 3.39. The predicted molar refractivity (Wildman–Crippen MR) is 168 cm³/mol. The maximum atomic E-state index is 13.5. The molecule has 0 spiro atoms. The van der Waals surface area contributed by atoms with E-state index in [1.165, 1.54) is 6.92 Å². The van der Waals surface area contributed by atoms with Crippen LogP contribution in [0.2, 0.25) is 0 Å². The van der Waals surface area contributed by atoms with Crippen molar-refractivity contribution in [3.05, 3.63) is 35.9 Å². The van der Waals surface area contributed by atoms with Crippen LogP contribution in [0.4, 0.5) is 4.79 Å². The Balaban J connectivity index is 0.0000185. The zero-order chi connectivity index (χ0) is 33.1. The van der Waals surface area contributed by atoms with Crippen molar-refractivity contribution < 1.29 is 42.0 Å². The first-order chi connectivity index (χ1) is 19.8. The molecule has 5 atom stereocenters. The monoisotopic (exact) mass is 652 g/mol. The number of hydrogen-bond donors (Lipinski definition) is 6. The molecular formula is C29H49N4NaO9S. The number of Topliss-reactive ketones (excluding diaryl/α,β-unsaturated/α-hetero) is 1. The number of nitrogens with one attached hydrogen (secondary N) is 3. The number of amides is 3. The molecule has 0 aliphatic carbocycles. The fraction of sp³-hybridized carbons (Fsp3) is 0.655. The van der Waals surface area contributed by atoms with Gasteiger partial charge in [-0.15, -0.1) is 0 Å². The minimum atomic E-state index is -5.42. The van der Waals surface area contributed by atoms with Gasteiger partial charge in [0.05, 0.1) is 12.1 Å². The number of rotatable bonds is 17. The minimum absolute atomic E-state index is 0. The molecule has 246 valence electrons. The van der Waals surface area contributed by atoms with Crippen molar-refractivity contribution in [2.75, 3.05) is 0 Å². The molecule has 0 aliphatic heterocycles. The topological polar surface area (TPSA) is 214 Å². The standard InChI is InChI=1S/C29H48N4O9S.Na.H/c1-17(2)13-22(25(34)29(38,43(39,40)41)24(30)15-19(5)6)32-27(36)23(14-18(3)4)33-26(35)20(7)31-28(37)42-16-21-11-9-8-10-12-21;;/h8-12,17-20,22-24,38H,13-16,30H2,1-7H3,(H,31,37)(H,32,36)(H,33,35)(H,39,40,41);;/t20-,22-,23-,24?,29?;;/m0../s1. The molecular weight excluding hydrogens is 603 g/mol. The summed E-state index contributed by atoms with van der Waals surface area (Å²) in [4.78, 5) is 48.7. The predicted octanol–water partition coefficient (Wildman–Crippen LogP) is 1.23. The van der Waals surface area contributed by atoms with Crippen LogP contribution in [0.25, 0.3) is 0 Å². The molecule has 2 unspecified atom stereocenters. The van der Waals surface area contributed by atoms with Gasteiger partial charge in [0, 0.05) is 0 Å². The molecule has 1 rings (SSSR count). The molecule has 15 heteroatoms. The van der Waals surface area contributed by atoms with Gasteiger partial charge in [0.1, 0.15) is 18.7 Å². The molecule has 0 aromatic heterocycles. The number of carbonyl (C=O) groups is 4. The van der Waals surface area contributed by atoms with E-state index in [1.54, 1.807) is 65.8 Å². The summed E-state index contributed by atoms with van der Waals surface area (Å²) in [6.45, 7) is 11.8. The van der Waals surface area contributed by atoms with Gasteiger partial charge in [0.25, 0.3) is 4.93 Å². The molecule has 0 radical (unpaired) electrons. The van der Waals surface area contributed by atoms with E-state index < -0.39 is 62.9 Å². The Hall–Kier alpha value is -2.07. The van der Waals surface area contributed by atoms with Gasteiger partial charge in [-0.05, 0) is 49.5 Å². The zero-order valence-electron chi connectivity index (χ0n) is 26.0. The van der Waals surface area contributed by atoms with E-state index in [4.69, 9.17) is 10.5 Å². The average molecular weight is 653 g/mol. The van der Waals surface area contributed by atoms with Crippen molar-refractivity contribution in [1.29, 1.82) is 0 Å². The second-order valence-electron chi connectivity index (χ2n) is 12.1. The summed E-state index contributed by atoms with van der Waals surface area (Å²) in [7, 11) is -5.42.